The quantitative estimate of drug-likeness (QED) is 0.359. The van der Waals surface area contributed by atoms with E-state index in [1.165, 1.54) is 12.8 Å². The molecule has 0 atom stereocenters. The highest BCUT2D eigenvalue weighted by Crippen LogP contribution is 1.96. The molecule has 0 aromatic rings. The van der Waals surface area contributed by atoms with Gasteiger partial charge in [-0.1, -0.05) is 19.8 Å². The van der Waals surface area contributed by atoms with Crippen molar-refractivity contribution in [2.45, 2.75) is 32.6 Å². The van der Waals surface area contributed by atoms with Crippen LogP contribution in [-0.4, -0.2) is 5.84 Å². The van der Waals surface area contributed by atoms with Crippen molar-refractivity contribution in [3.8, 4) is 0 Å². The molecular formula is C6H15ClN2. The average molecular weight is 151 g/mol. The van der Waals surface area contributed by atoms with E-state index < -0.39 is 0 Å². The lowest BCUT2D eigenvalue weighted by Gasteiger charge is -1.93. The lowest BCUT2D eigenvalue weighted by Crippen LogP contribution is -2.08. The van der Waals surface area contributed by atoms with Crippen LogP contribution in [0.15, 0.2) is 0 Å². The minimum absolute atomic E-state index is 0. The van der Waals surface area contributed by atoms with Gasteiger partial charge in [0.05, 0.1) is 5.84 Å². The summed E-state index contributed by atoms with van der Waals surface area (Å²) in [6, 6.07) is 0. The summed E-state index contributed by atoms with van der Waals surface area (Å²) in [5.74, 6) is 0.318. The average Bonchev–Trinajstić information content (AvgIpc) is 1.66. The van der Waals surface area contributed by atoms with Crippen LogP contribution in [0, 0.1) is 5.41 Å². The Morgan fingerprint density at radius 2 is 2.00 bits per heavy atom. The second kappa shape index (κ2) is 7.76. The number of unbranched alkanes of at least 4 members (excludes halogenated alkanes) is 2. The highest BCUT2D eigenvalue weighted by molar-refractivity contribution is 5.85. The van der Waals surface area contributed by atoms with Gasteiger partial charge in [0.25, 0.3) is 0 Å². The third kappa shape index (κ3) is 11.4. The van der Waals surface area contributed by atoms with Gasteiger partial charge in [0, 0.05) is 6.42 Å². The first kappa shape index (κ1) is 11.5. The Hall–Kier alpha value is -0.240. The Bertz CT molecular complexity index is 73.5. The van der Waals surface area contributed by atoms with Crippen molar-refractivity contribution in [3.63, 3.8) is 0 Å². The van der Waals surface area contributed by atoms with Crippen LogP contribution in [0.3, 0.4) is 0 Å². The molecule has 2 nitrogen and oxygen atoms in total. The highest BCUT2D eigenvalue weighted by Gasteiger charge is 1.86. The standard InChI is InChI=1S/C6H14N2.ClH/c1-2-3-4-5-6(7)8;/h2-5H2,1H3,(H3,7,8);1H. The fourth-order valence-corrected chi connectivity index (χ4v) is 0.565. The van der Waals surface area contributed by atoms with Gasteiger partial charge >= 0.3 is 0 Å². The summed E-state index contributed by atoms with van der Waals surface area (Å²) < 4.78 is 0. The molecule has 9 heavy (non-hydrogen) atoms. The molecule has 0 spiro atoms. The Labute approximate surface area is 62.7 Å². The fourth-order valence-electron chi connectivity index (χ4n) is 0.565. The molecule has 0 unspecified atom stereocenters. The molecule has 0 aliphatic carbocycles. The Kier molecular flexibility index (Phi) is 9.95. The van der Waals surface area contributed by atoms with Gasteiger partial charge < -0.3 is 5.73 Å². The molecule has 0 aromatic carbocycles. The molecular weight excluding hydrogens is 136 g/mol. The number of hydrogen-bond acceptors (Lipinski definition) is 1. The summed E-state index contributed by atoms with van der Waals surface area (Å²) in [6.07, 6.45) is 4.24. The second-order valence-corrected chi connectivity index (χ2v) is 1.98. The van der Waals surface area contributed by atoms with Crippen molar-refractivity contribution in [3.05, 3.63) is 0 Å². The lowest BCUT2D eigenvalue weighted by molar-refractivity contribution is 0.738. The minimum Gasteiger partial charge on any atom is -0.388 e. The number of rotatable bonds is 4. The molecule has 0 aromatic heterocycles. The SMILES string of the molecule is CCCCCC(=N)N.Cl. The first-order chi connectivity index (χ1) is 3.77. The topological polar surface area (TPSA) is 49.9 Å². The van der Waals surface area contributed by atoms with Crippen molar-refractivity contribution >= 4 is 18.2 Å². The fraction of sp³-hybridized carbons (Fsp3) is 0.833. The van der Waals surface area contributed by atoms with Crippen molar-refractivity contribution in [1.82, 2.24) is 0 Å². The number of amidine groups is 1. The van der Waals surface area contributed by atoms with Crippen LogP contribution in [0.5, 0.6) is 0 Å². The van der Waals surface area contributed by atoms with E-state index in [9.17, 15) is 0 Å². The maximum absolute atomic E-state index is 6.85. The van der Waals surface area contributed by atoms with E-state index in [0.717, 1.165) is 12.8 Å². The first-order valence-electron chi connectivity index (χ1n) is 3.10. The monoisotopic (exact) mass is 150 g/mol. The summed E-state index contributed by atoms with van der Waals surface area (Å²) in [5.41, 5.74) is 5.12. The molecule has 3 N–H and O–H groups in total. The van der Waals surface area contributed by atoms with E-state index in [1.807, 2.05) is 0 Å². The third-order valence-electron chi connectivity index (χ3n) is 1.05. The van der Waals surface area contributed by atoms with E-state index in [2.05, 4.69) is 6.92 Å². The maximum Gasteiger partial charge on any atom is 0.0905 e. The summed E-state index contributed by atoms with van der Waals surface area (Å²) in [7, 11) is 0. The van der Waals surface area contributed by atoms with Crippen molar-refractivity contribution in [2.24, 2.45) is 5.73 Å². The van der Waals surface area contributed by atoms with Crippen molar-refractivity contribution in [2.75, 3.05) is 0 Å². The van der Waals surface area contributed by atoms with E-state index in [4.69, 9.17) is 11.1 Å². The highest BCUT2D eigenvalue weighted by atomic mass is 35.5. The minimum atomic E-state index is 0. The van der Waals surface area contributed by atoms with Crippen LogP contribution in [0.2, 0.25) is 0 Å². The molecule has 3 heteroatoms. The van der Waals surface area contributed by atoms with Crippen LogP contribution < -0.4 is 5.73 Å². The summed E-state index contributed by atoms with van der Waals surface area (Å²) >= 11 is 0. The molecule has 0 aliphatic heterocycles. The summed E-state index contributed by atoms with van der Waals surface area (Å²) in [6.45, 7) is 2.14. The zero-order valence-electron chi connectivity index (χ0n) is 5.81. The Morgan fingerprint density at radius 3 is 2.33 bits per heavy atom. The molecule has 0 heterocycles. The largest absolute Gasteiger partial charge is 0.388 e. The molecule has 0 radical (unpaired) electrons. The van der Waals surface area contributed by atoms with Crippen LogP contribution in [0.1, 0.15) is 32.6 Å². The van der Waals surface area contributed by atoms with Crippen LogP contribution in [-0.2, 0) is 0 Å². The molecule has 0 rings (SSSR count). The smallest absolute Gasteiger partial charge is 0.0905 e. The molecule has 56 valence electrons. The summed E-state index contributed by atoms with van der Waals surface area (Å²) in [4.78, 5) is 0. The Morgan fingerprint density at radius 1 is 1.44 bits per heavy atom. The number of halogens is 1. The van der Waals surface area contributed by atoms with E-state index in [-0.39, 0.29) is 12.4 Å². The van der Waals surface area contributed by atoms with Gasteiger partial charge in [-0.15, -0.1) is 12.4 Å². The second-order valence-electron chi connectivity index (χ2n) is 1.98. The maximum atomic E-state index is 6.85. The zero-order chi connectivity index (χ0) is 6.41. The normalized spacial score (nSPS) is 8.11. The van der Waals surface area contributed by atoms with Crippen LogP contribution in [0.4, 0.5) is 0 Å². The van der Waals surface area contributed by atoms with Crippen LogP contribution >= 0.6 is 12.4 Å². The molecule has 0 bridgehead atoms. The van der Waals surface area contributed by atoms with Gasteiger partial charge in [-0.25, -0.2) is 0 Å². The molecule has 0 saturated carbocycles. The van der Waals surface area contributed by atoms with E-state index in [0.29, 0.717) is 5.84 Å². The predicted molar refractivity (Wildman–Crippen MR) is 43.3 cm³/mol. The van der Waals surface area contributed by atoms with Gasteiger partial charge in [0.1, 0.15) is 0 Å². The van der Waals surface area contributed by atoms with Crippen molar-refractivity contribution in [1.29, 1.82) is 5.41 Å². The first-order valence-corrected chi connectivity index (χ1v) is 3.10. The van der Waals surface area contributed by atoms with Gasteiger partial charge in [-0.3, -0.25) is 5.41 Å². The van der Waals surface area contributed by atoms with Crippen molar-refractivity contribution < 1.29 is 0 Å². The lowest BCUT2D eigenvalue weighted by atomic mass is 10.2. The molecule has 0 amide bonds. The summed E-state index contributed by atoms with van der Waals surface area (Å²) in [5, 5.41) is 6.85. The van der Waals surface area contributed by atoms with E-state index in [1.54, 1.807) is 0 Å². The van der Waals surface area contributed by atoms with Gasteiger partial charge in [-0.05, 0) is 6.42 Å². The van der Waals surface area contributed by atoms with E-state index >= 15 is 0 Å². The molecule has 0 saturated heterocycles. The van der Waals surface area contributed by atoms with Gasteiger partial charge in [0.2, 0.25) is 0 Å². The molecule has 0 aliphatic rings. The predicted octanol–water partition coefficient (Wildman–Crippen LogP) is 1.92. The Balaban J connectivity index is 0. The number of hydrogen-bond donors (Lipinski definition) is 2. The van der Waals surface area contributed by atoms with Gasteiger partial charge in [0.15, 0.2) is 0 Å². The number of nitrogens with two attached hydrogens (primary N) is 1. The zero-order valence-corrected chi connectivity index (χ0v) is 6.63. The third-order valence-corrected chi connectivity index (χ3v) is 1.05. The van der Waals surface area contributed by atoms with Crippen LogP contribution in [0.25, 0.3) is 0 Å². The molecule has 0 fully saturated rings. The number of nitrogens with one attached hydrogen (secondary N) is 1. The van der Waals surface area contributed by atoms with Gasteiger partial charge in [-0.2, -0.15) is 0 Å².